The number of aryl methyl sites for hydroxylation is 3. The average Bonchev–Trinajstić information content (AvgIpc) is 2.42. The summed E-state index contributed by atoms with van der Waals surface area (Å²) in [5.74, 6) is 0. The van der Waals surface area contributed by atoms with Crippen molar-refractivity contribution >= 4 is 0 Å². The first-order chi connectivity index (χ1) is 9.43. The molecule has 1 aromatic rings. The van der Waals surface area contributed by atoms with Crippen LogP contribution >= 0.6 is 0 Å². The molecule has 0 spiro atoms. The number of hydrogen-bond donors (Lipinski definition) is 1. The van der Waals surface area contributed by atoms with E-state index >= 15 is 0 Å². The summed E-state index contributed by atoms with van der Waals surface area (Å²) in [6.07, 6.45) is 2.22. The van der Waals surface area contributed by atoms with E-state index in [0.717, 1.165) is 32.5 Å². The minimum absolute atomic E-state index is 0.137. The Morgan fingerprint density at radius 3 is 1.85 bits per heavy atom. The van der Waals surface area contributed by atoms with Crippen LogP contribution in [0.4, 0.5) is 0 Å². The maximum Gasteiger partial charge on any atom is 0.0329 e. The molecule has 0 bridgehead atoms. The zero-order valence-corrected chi connectivity index (χ0v) is 14.2. The van der Waals surface area contributed by atoms with Crippen molar-refractivity contribution in [2.24, 2.45) is 5.73 Å². The highest BCUT2D eigenvalue weighted by atomic mass is 15.2. The molecule has 0 aliphatic heterocycles. The van der Waals surface area contributed by atoms with E-state index in [1.165, 1.54) is 22.3 Å². The monoisotopic (exact) mass is 276 g/mol. The van der Waals surface area contributed by atoms with Crippen molar-refractivity contribution < 1.29 is 0 Å². The first-order valence-electron chi connectivity index (χ1n) is 7.95. The number of rotatable bonds is 7. The third-order valence-corrected chi connectivity index (χ3v) is 4.94. The van der Waals surface area contributed by atoms with Crippen molar-refractivity contribution in [3.05, 3.63) is 34.4 Å². The van der Waals surface area contributed by atoms with Gasteiger partial charge in [-0.25, -0.2) is 0 Å². The predicted octanol–water partition coefficient (Wildman–Crippen LogP) is 3.95. The Morgan fingerprint density at radius 1 is 1.00 bits per heavy atom. The molecule has 0 aliphatic carbocycles. The topological polar surface area (TPSA) is 29.3 Å². The van der Waals surface area contributed by atoms with Gasteiger partial charge in [0.15, 0.2) is 0 Å². The molecule has 0 fully saturated rings. The van der Waals surface area contributed by atoms with E-state index in [4.69, 9.17) is 5.73 Å². The molecule has 0 amide bonds. The Balaban J connectivity index is 3.11. The quantitative estimate of drug-likeness (QED) is 0.817. The Kier molecular flexibility index (Phi) is 6.22. The SMILES string of the molecule is CCN(Cc1c(C)cc(C)cc1C)C(CC)(CC)CN. The zero-order valence-electron chi connectivity index (χ0n) is 14.2. The minimum Gasteiger partial charge on any atom is -0.329 e. The Hall–Kier alpha value is -0.860. The fraction of sp³-hybridized carbons (Fsp3) is 0.667. The van der Waals surface area contributed by atoms with Crippen LogP contribution in [-0.2, 0) is 6.54 Å². The van der Waals surface area contributed by atoms with E-state index in [-0.39, 0.29) is 5.54 Å². The molecule has 1 rings (SSSR count). The van der Waals surface area contributed by atoms with Crippen molar-refractivity contribution in [1.82, 2.24) is 4.90 Å². The highest BCUT2D eigenvalue weighted by molar-refractivity contribution is 5.37. The zero-order chi connectivity index (χ0) is 15.3. The standard InChI is InChI=1S/C18H32N2/c1-7-18(8-2,13-19)20(9-3)12-17-15(5)10-14(4)11-16(17)6/h10-11H,7-9,12-13,19H2,1-6H3. The first-order valence-corrected chi connectivity index (χ1v) is 7.95. The normalized spacial score (nSPS) is 12.2. The summed E-state index contributed by atoms with van der Waals surface area (Å²) in [6.45, 7) is 16.2. The van der Waals surface area contributed by atoms with Crippen LogP contribution in [0.1, 0.15) is 55.9 Å². The van der Waals surface area contributed by atoms with Crippen LogP contribution in [0.5, 0.6) is 0 Å². The summed E-state index contributed by atoms with van der Waals surface area (Å²) in [5, 5.41) is 0. The third-order valence-electron chi connectivity index (χ3n) is 4.94. The molecule has 2 heteroatoms. The molecule has 0 aromatic heterocycles. The van der Waals surface area contributed by atoms with Crippen LogP contribution in [-0.4, -0.2) is 23.5 Å². The molecule has 2 N–H and O–H groups in total. The molecule has 0 heterocycles. The van der Waals surface area contributed by atoms with Gasteiger partial charge >= 0.3 is 0 Å². The van der Waals surface area contributed by atoms with Gasteiger partial charge in [-0.1, -0.05) is 38.5 Å². The highest BCUT2D eigenvalue weighted by Crippen LogP contribution is 2.27. The summed E-state index contributed by atoms with van der Waals surface area (Å²) in [4.78, 5) is 2.57. The molecule has 0 saturated heterocycles. The Labute approximate surface area is 125 Å². The van der Waals surface area contributed by atoms with Crippen LogP contribution in [0.3, 0.4) is 0 Å². The van der Waals surface area contributed by atoms with E-state index in [1.807, 2.05) is 0 Å². The molecule has 0 radical (unpaired) electrons. The second kappa shape index (κ2) is 7.24. The van der Waals surface area contributed by atoms with Gasteiger partial charge in [-0.3, -0.25) is 4.90 Å². The van der Waals surface area contributed by atoms with Crippen LogP contribution in [0.25, 0.3) is 0 Å². The van der Waals surface area contributed by atoms with Gasteiger partial charge in [0.25, 0.3) is 0 Å². The Morgan fingerprint density at radius 2 is 1.50 bits per heavy atom. The summed E-state index contributed by atoms with van der Waals surface area (Å²) >= 11 is 0. The fourth-order valence-electron chi connectivity index (χ4n) is 3.38. The summed E-state index contributed by atoms with van der Waals surface area (Å²) in [5.41, 5.74) is 11.9. The minimum atomic E-state index is 0.137. The van der Waals surface area contributed by atoms with E-state index in [1.54, 1.807) is 0 Å². The van der Waals surface area contributed by atoms with Crippen molar-refractivity contribution in [1.29, 1.82) is 0 Å². The van der Waals surface area contributed by atoms with Crippen molar-refractivity contribution in [2.45, 2.75) is 66.5 Å². The fourth-order valence-corrected chi connectivity index (χ4v) is 3.38. The van der Waals surface area contributed by atoms with Gasteiger partial charge in [-0.15, -0.1) is 0 Å². The van der Waals surface area contributed by atoms with E-state index in [9.17, 15) is 0 Å². The van der Waals surface area contributed by atoms with E-state index in [2.05, 4.69) is 58.6 Å². The lowest BCUT2D eigenvalue weighted by Gasteiger charge is -2.42. The lowest BCUT2D eigenvalue weighted by molar-refractivity contribution is 0.0824. The van der Waals surface area contributed by atoms with E-state index < -0.39 is 0 Å². The molecule has 0 saturated carbocycles. The van der Waals surface area contributed by atoms with Gasteiger partial charge in [0, 0.05) is 18.6 Å². The van der Waals surface area contributed by atoms with Gasteiger partial charge in [-0.2, -0.15) is 0 Å². The van der Waals surface area contributed by atoms with Crippen LogP contribution in [0, 0.1) is 20.8 Å². The second-order valence-electron chi connectivity index (χ2n) is 6.03. The van der Waals surface area contributed by atoms with Crippen molar-refractivity contribution in [3.8, 4) is 0 Å². The lowest BCUT2D eigenvalue weighted by Crippen LogP contribution is -2.52. The van der Waals surface area contributed by atoms with Gasteiger partial charge in [-0.05, 0) is 56.8 Å². The van der Waals surface area contributed by atoms with Crippen LogP contribution < -0.4 is 5.73 Å². The summed E-state index contributed by atoms with van der Waals surface area (Å²) in [7, 11) is 0. The van der Waals surface area contributed by atoms with Crippen LogP contribution in [0.2, 0.25) is 0 Å². The molecular weight excluding hydrogens is 244 g/mol. The molecule has 0 unspecified atom stereocenters. The first kappa shape index (κ1) is 17.2. The van der Waals surface area contributed by atoms with Gasteiger partial charge in [0.2, 0.25) is 0 Å². The van der Waals surface area contributed by atoms with Gasteiger partial charge in [0.1, 0.15) is 0 Å². The molecule has 20 heavy (non-hydrogen) atoms. The predicted molar refractivity (Wildman–Crippen MR) is 89.1 cm³/mol. The Bertz CT molecular complexity index is 402. The molecule has 0 aliphatic rings. The number of benzene rings is 1. The van der Waals surface area contributed by atoms with Crippen molar-refractivity contribution in [3.63, 3.8) is 0 Å². The maximum absolute atomic E-state index is 6.12. The largest absolute Gasteiger partial charge is 0.329 e. The third kappa shape index (κ3) is 3.42. The van der Waals surface area contributed by atoms with Crippen LogP contribution in [0.15, 0.2) is 12.1 Å². The summed E-state index contributed by atoms with van der Waals surface area (Å²) in [6, 6.07) is 4.58. The smallest absolute Gasteiger partial charge is 0.0329 e. The maximum atomic E-state index is 6.12. The molecular formula is C18H32N2. The number of likely N-dealkylation sites (N-methyl/N-ethyl adjacent to an activating group) is 1. The molecule has 1 aromatic carbocycles. The molecule has 114 valence electrons. The average molecular weight is 276 g/mol. The van der Waals surface area contributed by atoms with Gasteiger partial charge in [0.05, 0.1) is 0 Å². The highest BCUT2D eigenvalue weighted by Gasteiger charge is 2.31. The summed E-state index contributed by atoms with van der Waals surface area (Å²) < 4.78 is 0. The number of nitrogens with two attached hydrogens (primary N) is 1. The second-order valence-corrected chi connectivity index (χ2v) is 6.03. The van der Waals surface area contributed by atoms with Crippen molar-refractivity contribution in [2.75, 3.05) is 13.1 Å². The lowest BCUT2D eigenvalue weighted by atomic mass is 9.89. The number of nitrogens with zero attached hydrogens (tertiary/aromatic N) is 1. The van der Waals surface area contributed by atoms with Gasteiger partial charge < -0.3 is 5.73 Å². The molecule has 2 nitrogen and oxygen atoms in total. The molecule has 0 atom stereocenters. The van der Waals surface area contributed by atoms with E-state index in [0.29, 0.717) is 0 Å². The number of hydrogen-bond acceptors (Lipinski definition) is 2.